The van der Waals surface area contributed by atoms with Gasteiger partial charge in [0.2, 0.25) is 16.9 Å². The van der Waals surface area contributed by atoms with Crippen molar-refractivity contribution in [3.63, 3.8) is 0 Å². The maximum absolute atomic E-state index is 13.4. The summed E-state index contributed by atoms with van der Waals surface area (Å²) in [7, 11) is 0. The van der Waals surface area contributed by atoms with Crippen LogP contribution in [0.1, 0.15) is 38.8 Å². The van der Waals surface area contributed by atoms with Crippen LogP contribution in [0.15, 0.2) is 33.0 Å². The Labute approximate surface area is 177 Å². The van der Waals surface area contributed by atoms with Gasteiger partial charge < -0.3 is 35.1 Å². The van der Waals surface area contributed by atoms with Crippen molar-refractivity contribution >= 4 is 28.0 Å². The van der Waals surface area contributed by atoms with Crippen molar-refractivity contribution in [1.29, 1.82) is 0 Å². The number of phenols is 5. The lowest BCUT2D eigenvalue weighted by atomic mass is 9.98. The fourth-order valence-electron chi connectivity index (χ4n) is 3.20. The van der Waals surface area contributed by atoms with Crippen LogP contribution in [-0.2, 0) is 6.42 Å². The molecule has 0 spiro atoms. The minimum Gasteiger partial charge on any atom is -0.507 e. The summed E-state index contributed by atoms with van der Waals surface area (Å²) in [6.45, 7) is 6.61. The fourth-order valence-corrected chi connectivity index (χ4v) is 3.20. The number of fused-ring (bicyclic) bond motifs is 2. The SMILES string of the molecule is CC(C)=CCc1c(O)cc2oc3c(O)c(O)c(O)c(C=CC(C)(C)O)c3c(=O)c2c1O. The fraction of sp³-hybridized carbons (Fsp3) is 0.261. The Morgan fingerprint density at radius 1 is 1.00 bits per heavy atom. The summed E-state index contributed by atoms with van der Waals surface area (Å²) in [5.74, 6) is -3.39. The number of hydrogen-bond acceptors (Lipinski definition) is 8. The molecule has 1 aromatic heterocycles. The third-order valence-corrected chi connectivity index (χ3v) is 4.80. The van der Waals surface area contributed by atoms with E-state index in [4.69, 9.17) is 4.42 Å². The molecule has 0 aliphatic heterocycles. The molecule has 2 aromatic carbocycles. The normalized spacial score (nSPS) is 12.2. The number of phenolic OH excluding ortho intramolecular Hbond substituents is 5. The van der Waals surface area contributed by atoms with Gasteiger partial charge in [-0.15, -0.1) is 0 Å². The van der Waals surface area contributed by atoms with Crippen molar-refractivity contribution in [2.45, 2.75) is 39.7 Å². The van der Waals surface area contributed by atoms with Crippen molar-refractivity contribution in [1.82, 2.24) is 0 Å². The standard InChI is InChI=1S/C23H24O8/c1-10(2)5-6-11-13(24)9-14-16(17(11)25)19(27)15-12(7-8-23(3,4)30)18(26)20(28)21(29)22(15)31-14/h5,7-9,24-26,28-30H,6H2,1-4H3. The molecule has 3 aromatic rings. The van der Waals surface area contributed by atoms with Gasteiger partial charge in [-0.1, -0.05) is 23.8 Å². The molecule has 0 unspecified atom stereocenters. The predicted molar refractivity (Wildman–Crippen MR) is 117 cm³/mol. The second-order valence-corrected chi connectivity index (χ2v) is 8.16. The molecule has 0 amide bonds. The summed E-state index contributed by atoms with van der Waals surface area (Å²) in [5.41, 5.74) is -1.93. The quantitative estimate of drug-likeness (QED) is 0.209. The number of hydrogen-bond donors (Lipinski definition) is 6. The average Bonchev–Trinajstić information content (AvgIpc) is 2.65. The first-order valence-corrected chi connectivity index (χ1v) is 9.49. The number of allylic oxidation sites excluding steroid dienone is 2. The first kappa shape index (κ1) is 22.0. The molecule has 0 fully saturated rings. The number of aromatic hydroxyl groups is 5. The maximum Gasteiger partial charge on any atom is 0.206 e. The van der Waals surface area contributed by atoms with Crippen LogP contribution in [0.5, 0.6) is 28.7 Å². The van der Waals surface area contributed by atoms with Gasteiger partial charge in [-0.3, -0.25) is 4.79 Å². The highest BCUT2D eigenvalue weighted by atomic mass is 16.4. The molecular weight excluding hydrogens is 404 g/mol. The minimum absolute atomic E-state index is 0.112. The van der Waals surface area contributed by atoms with Gasteiger partial charge in [0.1, 0.15) is 22.5 Å². The summed E-state index contributed by atoms with van der Waals surface area (Å²) in [5, 5.41) is 61.2. The molecule has 1 heterocycles. The van der Waals surface area contributed by atoms with Crippen LogP contribution in [0, 0.1) is 0 Å². The first-order valence-electron chi connectivity index (χ1n) is 9.49. The summed E-state index contributed by atoms with van der Waals surface area (Å²) < 4.78 is 5.56. The van der Waals surface area contributed by atoms with E-state index in [9.17, 15) is 35.4 Å². The maximum atomic E-state index is 13.4. The highest BCUT2D eigenvalue weighted by Crippen LogP contribution is 2.46. The van der Waals surface area contributed by atoms with Crippen molar-refractivity contribution in [2.75, 3.05) is 0 Å². The van der Waals surface area contributed by atoms with Gasteiger partial charge in [0, 0.05) is 17.2 Å². The molecule has 6 N–H and O–H groups in total. The molecule has 0 atom stereocenters. The van der Waals surface area contributed by atoms with Crippen LogP contribution in [0.3, 0.4) is 0 Å². The molecule has 0 saturated heterocycles. The minimum atomic E-state index is -1.31. The molecule has 0 radical (unpaired) electrons. The lowest BCUT2D eigenvalue weighted by Crippen LogP contribution is -2.13. The Balaban J connectivity index is 2.51. The Morgan fingerprint density at radius 3 is 2.23 bits per heavy atom. The Bertz CT molecular complexity index is 1320. The average molecular weight is 428 g/mol. The molecule has 8 heteroatoms. The van der Waals surface area contributed by atoms with E-state index < -0.39 is 39.6 Å². The molecule has 0 aliphatic carbocycles. The van der Waals surface area contributed by atoms with Crippen LogP contribution in [0.2, 0.25) is 0 Å². The Kier molecular flexibility index (Phi) is 5.37. The molecule has 0 saturated carbocycles. The molecule has 0 aliphatic rings. The summed E-state index contributed by atoms with van der Waals surface area (Å²) >= 11 is 0. The van der Waals surface area contributed by atoms with Crippen molar-refractivity contribution < 1.29 is 35.1 Å². The van der Waals surface area contributed by atoms with Crippen LogP contribution in [0.25, 0.3) is 28.0 Å². The van der Waals surface area contributed by atoms with E-state index >= 15 is 0 Å². The second-order valence-electron chi connectivity index (χ2n) is 8.16. The van der Waals surface area contributed by atoms with Crippen LogP contribution in [-0.4, -0.2) is 36.2 Å². The van der Waals surface area contributed by atoms with Gasteiger partial charge in [-0.2, -0.15) is 0 Å². The Morgan fingerprint density at radius 2 is 1.65 bits per heavy atom. The largest absolute Gasteiger partial charge is 0.507 e. The third kappa shape index (κ3) is 3.89. The van der Waals surface area contributed by atoms with Gasteiger partial charge in [-0.05, 0) is 34.1 Å². The number of benzene rings is 2. The van der Waals surface area contributed by atoms with Gasteiger partial charge in [-0.25, -0.2) is 0 Å². The van der Waals surface area contributed by atoms with E-state index in [1.807, 2.05) is 13.8 Å². The molecule has 0 bridgehead atoms. The molecular formula is C23H24O8. The van der Waals surface area contributed by atoms with Gasteiger partial charge in [0.05, 0.1) is 11.0 Å². The Hall–Kier alpha value is -3.65. The lowest BCUT2D eigenvalue weighted by Gasteiger charge is -2.14. The summed E-state index contributed by atoms with van der Waals surface area (Å²) in [6, 6.07) is 1.14. The van der Waals surface area contributed by atoms with E-state index in [-0.39, 0.29) is 39.7 Å². The second kappa shape index (κ2) is 7.55. The third-order valence-electron chi connectivity index (χ3n) is 4.80. The van der Waals surface area contributed by atoms with Crippen molar-refractivity contribution in [3.05, 3.63) is 45.1 Å². The van der Waals surface area contributed by atoms with Crippen LogP contribution in [0.4, 0.5) is 0 Å². The van der Waals surface area contributed by atoms with Gasteiger partial charge in [0.25, 0.3) is 0 Å². The highest BCUT2D eigenvalue weighted by molar-refractivity contribution is 6.02. The molecule has 164 valence electrons. The first-order chi connectivity index (χ1) is 14.3. The van der Waals surface area contributed by atoms with Crippen LogP contribution < -0.4 is 5.43 Å². The van der Waals surface area contributed by atoms with E-state index in [1.165, 1.54) is 26.0 Å². The summed E-state index contributed by atoms with van der Waals surface area (Å²) in [6.07, 6.45) is 4.40. The smallest absolute Gasteiger partial charge is 0.206 e. The number of rotatable bonds is 4. The van der Waals surface area contributed by atoms with Gasteiger partial charge >= 0.3 is 0 Å². The number of aliphatic hydroxyl groups is 1. The zero-order valence-corrected chi connectivity index (χ0v) is 17.5. The van der Waals surface area contributed by atoms with Crippen molar-refractivity contribution in [3.8, 4) is 28.7 Å². The molecule has 3 rings (SSSR count). The molecule has 31 heavy (non-hydrogen) atoms. The predicted octanol–water partition coefficient (Wildman–Crippen LogP) is 3.77. The zero-order chi connectivity index (χ0) is 23.2. The summed E-state index contributed by atoms with van der Waals surface area (Å²) in [4.78, 5) is 13.4. The van der Waals surface area contributed by atoms with Crippen molar-refractivity contribution in [2.24, 2.45) is 0 Å². The lowest BCUT2D eigenvalue weighted by molar-refractivity contribution is 0.134. The van der Waals surface area contributed by atoms with E-state index in [2.05, 4.69) is 0 Å². The zero-order valence-electron chi connectivity index (χ0n) is 17.5. The topological polar surface area (TPSA) is 152 Å². The van der Waals surface area contributed by atoms with E-state index in [0.29, 0.717) is 0 Å². The van der Waals surface area contributed by atoms with E-state index in [1.54, 1.807) is 6.08 Å². The van der Waals surface area contributed by atoms with E-state index in [0.717, 1.165) is 11.6 Å². The monoisotopic (exact) mass is 428 g/mol. The van der Waals surface area contributed by atoms with Gasteiger partial charge in [0.15, 0.2) is 11.3 Å². The highest BCUT2D eigenvalue weighted by Gasteiger charge is 2.25. The van der Waals surface area contributed by atoms with Crippen LogP contribution >= 0.6 is 0 Å². The molecule has 8 nitrogen and oxygen atoms in total.